The van der Waals surface area contributed by atoms with Crippen molar-refractivity contribution >= 4 is 53.9 Å². The fourth-order valence-electron chi connectivity index (χ4n) is 7.86. The highest BCUT2D eigenvalue weighted by Gasteiger charge is 2.18. The summed E-state index contributed by atoms with van der Waals surface area (Å²) in [6.45, 7) is 0. The standard InChI is InChI=1S/C50H32/c1-3-13-33(14-4-1)38-28-30-45-48(31-38)50(36-16-5-2-6-17-36)44-22-12-11-21-43(44)49(45)37-25-23-35(24-26-37)46-32-47-39-18-8-7-15-34(39)27-29-42(47)40-19-9-10-20-41(40)46/h1-32H/i2D,5D,6D,16D,17D. The first-order chi connectivity index (χ1) is 26.9. The van der Waals surface area contributed by atoms with Gasteiger partial charge < -0.3 is 0 Å². The summed E-state index contributed by atoms with van der Waals surface area (Å²) in [5.74, 6) is 0. The van der Waals surface area contributed by atoms with Gasteiger partial charge in [0.25, 0.3) is 0 Å². The van der Waals surface area contributed by atoms with Crippen LogP contribution in [-0.4, -0.2) is 0 Å². The largest absolute Gasteiger partial charge is 0.0629 e. The fraction of sp³-hybridized carbons (Fsp3) is 0. The third kappa shape index (κ3) is 4.54. The Morgan fingerprint density at radius 2 is 0.820 bits per heavy atom. The van der Waals surface area contributed by atoms with Crippen LogP contribution in [0.2, 0.25) is 0 Å². The number of hydrogen-bond acceptors (Lipinski definition) is 0. The molecule has 0 amide bonds. The zero-order valence-corrected chi connectivity index (χ0v) is 27.1. The van der Waals surface area contributed by atoms with Crippen LogP contribution < -0.4 is 0 Å². The van der Waals surface area contributed by atoms with Crippen molar-refractivity contribution < 1.29 is 6.85 Å². The summed E-state index contributed by atoms with van der Waals surface area (Å²) in [4.78, 5) is 0. The summed E-state index contributed by atoms with van der Waals surface area (Å²) < 4.78 is 43.6. The van der Waals surface area contributed by atoms with Crippen molar-refractivity contribution in [2.24, 2.45) is 0 Å². The van der Waals surface area contributed by atoms with Gasteiger partial charge >= 0.3 is 0 Å². The van der Waals surface area contributed by atoms with E-state index in [-0.39, 0.29) is 29.7 Å². The molecule has 10 rings (SSSR count). The van der Waals surface area contributed by atoms with Crippen molar-refractivity contribution in [3.8, 4) is 44.5 Å². The molecule has 0 fully saturated rings. The molecule has 0 saturated carbocycles. The summed E-state index contributed by atoms with van der Waals surface area (Å²) in [7, 11) is 0. The van der Waals surface area contributed by atoms with E-state index in [4.69, 9.17) is 6.85 Å². The fourth-order valence-corrected chi connectivity index (χ4v) is 7.86. The lowest BCUT2D eigenvalue weighted by Crippen LogP contribution is -1.92. The molecule has 10 aromatic rings. The monoisotopic (exact) mass is 637 g/mol. The van der Waals surface area contributed by atoms with Gasteiger partial charge in [0.1, 0.15) is 0 Å². The molecule has 0 atom stereocenters. The van der Waals surface area contributed by atoms with Gasteiger partial charge in [-0.05, 0) is 111 Å². The quantitative estimate of drug-likeness (QED) is 0.133. The molecule has 0 N–H and O–H groups in total. The Kier molecular flexibility index (Phi) is 5.50. The van der Waals surface area contributed by atoms with E-state index >= 15 is 0 Å². The Hall–Kier alpha value is -6.50. The predicted octanol–water partition coefficient (Wildman–Crippen LogP) is 14.1. The van der Waals surface area contributed by atoms with Gasteiger partial charge in [-0.1, -0.05) is 182 Å². The normalized spacial score (nSPS) is 13.0. The molecule has 0 saturated heterocycles. The van der Waals surface area contributed by atoms with E-state index in [9.17, 15) is 0 Å². The van der Waals surface area contributed by atoms with Crippen LogP contribution in [0, 0.1) is 0 Å². The molecule has 0 radical (unpaired) electrons. The van der Waals surface area contributed by atoms with Crippen LogP contribution in [0.3, 0.4) is 0 Å². The van der Waals surface area contributed by atoms with E-state index < -0.39 is 6.04 Å². The Balaban J connectivity index is 1.24. The van der Waals surface area contributed by atoms with Gasteiger partial charge in [0.15, 0.2) is 0 Å². The third-order valence-corrected chi connectivity index (χ3v) is 10.1. The number of rotatable bonds is 4. The number of benzene rings is 10. The third-order valence-electron chi connectivity index (χ3n) is 10.1. The molecular weight excluding hydrogens is 601 g/mol. The average Bonchev–Trinajstić information content (AvgIpc) is 3.24. The van der Waals surface area contributed by atoms with Gasteiger partial charge in [0.05, 0.1) is 6.85 Å². The van der Waals surface area contributed by atoms with Crippen LogP contribution in [-0.2, 0) is 0 Å². The molecule has 0 heterocycles. The van der Waals surface area contributed by atoms with E-state index in [1.54, 1.807) is 0 Å². The van der Waals surface area contributed by atoms with Crippen molar-refractivity contribution in [2.75, 3.05) is 0 Å². The van der Waals surface area contributed by atoms with Crippen LogP contribution >= 0.6 is 0 Å². The first kappa shape index (κ1) is 23.8. The first-order valence-electron chi connectivity index (χ1n) is 19.4. The minimum atomic E-state index is -0.401. The lowest BCUT2D eigenvalue weighted by molar-refractivity contribution is 1.62. The van der Waals surface area contributed by atoms with Crippen molar-refractivity contribution in [3.05, 3.63) is 194 Å². The molecule has 50 heavy (non-hydrogen) atoms. The summed E-state index contributed by atoms with van der Waals surface area (Å²) in [6, 6.07) is 55.7. The molecule has 0 bridgehead atoms. The Morgan fingerprint density at radius 1 is 0.280 bits per heavy atom. The van der Waals surface area contributed by atoms with Gasteiger partial charge in [0.2, 0.25) is 0 Å². The minimum Gasteiger partial charge on any atom is -0.0622 e. The average molecular weight is 638 g/mol. The molecule has 0 spiro atoms. The zero-order valence-electron chi connectivity index (χ0n) is 32.1. The van der Waals surface area contributed by atoms with Crippen LogP contribution in [0.25, 0.3) is 98.4 Å². The Morgan fingerprint density at radius 3 is 1.58 bits per heavy atom. The van der Waals surface area contributed by atoms with Gasteiger partial charge in [-0.3, -0.25) is 0 Å². The molecular formula is C50H32. The SMILES string of the molecule is [2H]c1c([2H])c([2H])c(-c2c3ccccc3c(-c3ccc(-c4cc5c6ccccc6ccc5c5ccccc45)cc3)c3ccc(-c4ccccc4)cc23)c([2H])c1[2H]. The molecule has 0 heteroatoms. The molecule has 10 aromatic carbocycles. The molecule has 0 aromatic heterocycles. The second-order valence-electron chi connectivity index (χ2n) is 12.9. The summed E-state index contributed by atoms with van der Waals surface area (Å²) in [5, 5.41) is 10.9. The van der Waals surface area contributed by atoms with E-state index in [1.807, 2.05) is 36.4 Å². The highest BCUT2D eigenvalue weighted by Crippen LogP contribution is 2.45. The molecule has 232 valence electrons. The van der Waals surface area contributed by atoms with Gasteiger partial charge in [-0.15, -0.1) is 0 Å². The lowest BCUT2D eigenvalue weighted by atomic mass is 9.84. The van der Waals surface area contributed by atoms with Crippen LogP contribution in [0.4, 0.5) is 0 Å². The number of hydrogen-bond donors (Lipinski definition) is 0. The van der Waals surface area contributed by atoms with E-state index in [1.165, 1.54) is 37.9 Å². The van der Waals surface area contributed by atoms with Crippen LogP contribution in [0.5, 0.6) is 0 Å². The molecule has 0 aliphatic carbocycles. The molecule has 0 aliphatic rings. The lowest BCUT2D eigenvalue weighted by Gasteiger charge is -2.19. The van der Waals surface area contributed by atoms with Crippen molar-refractivity contribution in [2.45, 2.75) is 0 Å². The second-order valence-corrected chi connectivity index (χ2v) is 12.9. The smallest absolute Gasteiger partial charge is 0.0622 e. The maximum absolute atomic E-state index is 9.04. The highest BCUT2D eigenvalue weighted by atomic mass is 14.2. The Labute approximate surface area is 298 Å². The summed E-state index contributed by atoms with van der Waals surface area (Å²) in [6.07, 6.45) is 0. The molecule has 0 unspecified atom stereocenters. The predicted molar refractivity (Wildman–Crippen MR) is 216 cm³/mol. The minimum absolute atomic E-state index is 0.204. The second kappa shape index (κ2) is 11.6. The van der Waals surface area contributed by atoms with Crippen molar-refractivity contribution in [1.29, 1.82) is 0 Å². The van der Waals surface area contributed by atoms with Crippen molar-refractivity contribution in [3.63, 3.8) is 0 Å². The van der Waals surface area contributed by atoms with E-state index in [0.717, 1.165) is 49.4 Å². The van der Waals surface area contributed by atoms with Gasteiger partial charge in [0, 0.05) is 0 Å². The summed E-state index contributed by atoms with van der Waals surface area (Å²) in [5.41, 5.74) is 7.20. The van der Waals surface area contributed by atoms with Crippen LogP contribution in [0.15, 0.2) is 194 Å². The maximum atomic E-state index is 9.04. The van der Waals surface area contributed by atoms with Gasteiger partial charge in [-0.25, -0.2) is 0 Å². The van der Waals surface area contributed by atoms with Gasteiger partial charge in [-0.2, -0.15) is 0 Å². The molecule has 0 nitrogen and oxygen atoms in total. The zero-order chi connectivity index (χ0) is 37.4. The summed E-state index contributed by atoms with van der Waals surface area (Å²) >= 11 is 0. The molecule has 0 aliphatic heterocycles. The van der Waals surface area contributed by atoms with E-state index in [0.29, 0.717) is 5.56 Å². The maximum Gasteiger partial charge on any atom is 0.0629 e. The number of fused-ring (bicyclic) bond motifs is 7. The van der Waals surface area contributed by atoms with E-state index in [2.05, 4.69) is 127 Å². The topological polar surface area (TPSA) is 0 Å². The Bertz CT molecular complexity index is 3160. The van der Waals surface area contributed by atoms with Crippen LogP contribution in [0.1, 0.15) is 6.85 Å². The van der Waals surface area contributed by atoms with Crippen molar-refractivity contribution in [1.82, 2.24) is 0 Å². The first-order valence-corrected chi connectivity index (χ1v) is 16.9. The highest BCUT2D eigenvalue weighted by molar-refractivity contribution is 6.23.